The topological polar surface area (TPSA) is 101 Å². The first kappa shape index (κ1) is 20.0. The van der Waals surface area contributed by atoms with Crippen molar-refractivity contribution in [1.29, 1.82) is 0 Å². The van der Waals surface area contributed by atoms with Crippen LogP contribution in [0.1, 0.15) is 29.8 Å². The van der Waals surface area contributed by atoms with Gasteiger partial charge in [0, 0.05) is 30.8 Å². The molecule has 8 heteroatoms. The van der Waals surface area contributed by atoms with Crippen molar-refractivity contribution in [3.8, 4) is 0 Å². The van der Waals surface area contributed by atoms with Crippen molar-refractivity contribution in [2.24, 2.45) is 5.73 Å². The fourth-order valence-corrected chi connectivity index (χ4v) is 4.94. The normalized spacial score (nSPS) is 16.2. The fourth-order valence-electron chi connectivity index (χ4n) is 3.49. The summed E-state index contributed by atoms with van der Waals surface area (Å²) in [6, 6.07) is 12.3. The Morgan fingerprint density at radius 2 is 1.68 bits per heavy atom. The summed E-state index contributed by atoms with van der Waals surface area (Å²) in [7, 11) is -3.60. The summed E-state index contributed by atoms with van der Waals surface area (Å²) in [5, 5.41) is 0. The minimum atomic E-state index is -3.60. The maximum atomic E-state index is 13.1. The molecule has 2 N–H and O–H groups in total. The van der Waals surface area contributed by atoms with Crippen molar-refractivity contribution in [2.75, 3.05) is 18.0 Å². The van der Waals surface area contributed by atoms with Crippen LogP contribution < -0.4 is 10.6 Å². The van der Waals surface area contributed by atoms with Gasteiger partial charge in [-0.05, 0) is 35.9 Å². The first-order valence-corrected chi connectivity index (χ1v) is 10.6. The summed E-state index contributed by atoms with van der Waals surface area (Å²) >= 11 is 0. The zero-order valence-corrected chi connectivity index (χ0v) is 16.6. The minimum absolute atomic E-state index is 0.126. The van der Waals surface area contributed by atoms with E-state index >= 15 is 0 Å². The van der Waals surface area contributed by atoms with E-state index in [-0.39, 0.29) is 10.8 Å². The SMILES string of the molecule is CCN(CC)S(=O)(=O)c1ccc(C(=O)N2c3ccccc3CC2C(N)=O)cc1. The number of primary amides is 1. The third-order valence-electron chi connectivity index (χ3n) is 4.97. The van der Waals surface area contributed by atoms with Gasteiger partial charge >= 0.3 is 0 Å². The number of carbonyl (C=O) groups excluding carboxylic acids is 2. The first-order chi connectivity index (χ1) is 13.3. The quantitative estimate of drug-likeness (QED) is 0.797. The highest BCUT2D eigenvalue weighted by Gasteiger charge is 2.37. The summed E-state index contributed by atoms with van der Waals surface area (Å²) in [5.74, 6) is -0.967. The highest BCUT2D eigenvalue weighted by Crippen LogP contribution is 2.33. The predicted molar refractivity (Wildman–Crippen MR) is 106 cm³/mol. The Labute approximate surface area is 164 Å². The molecule has 0 radical (unpaired) electrons. The molecule has 1 atom stereocenters. The lowest BCUT2D eigenvalue weighted by atomic mass is 10.1. The van der Waals surface area contributed by atoms with Crippen LogP contribution in [0.2, 0.25) is 0 Å². The monoisotopic (exact) mass is 401 g/mol. The van der Waals surface area contributed by atoms with Crippen LogP contribution in [0.3, 0.4) is 0 Å². The molecule has 0 spiro atoms. The number of nitrogens with zero attached hydrogens (tertiary/aromatic N) is 2. The Kier molecular flexibility index (Phi) is 5.53. The van der Waals surface area contributed by atoms with Gasteiger partial charge in [-0.3, -0.25) is 14.5 Å². The van der Waals surface area contributed by atoms with Crippen LogP contribution in [-0.2, 0) is 21.2 Å². The van der Waals surface area contributed by atoms with E-state index in [4.69, 9.17) is 5.73 Å². The number of rotatable bonds is 6. The number of nitrogens with two attached hydrogens (primary N) is 1. The number of carbonyl (C=O) groups is 2. The summed E-state index contributed by atoms with van der Waals surface area (Å²) in [5.41, 5.74) is 7.33. The van der Waals surface area contributed by atoms with Crippen LogP contribution in [0.25, 0.3) is 0 Å². The van der Waals surface area contributed by atoms with E-state index in [1.807, 2.05) is 12.1 Å². The molecule has 1 aliphatic rings. The van der Waals surface area contributed by atoms with Gasteiger partial charge in [-0.25, -0.2) is 8.42 Å². The second-order valence-corrected chi connectivity index (χ2v) is 8.48. The van der Waals surface area contributed by atoms with Crippen LogP contribution in [0, 0.1) is 0 Å². The number of hydrogen-bond acceptors (Lipinski definition) is 4. The van der Waals surface area contributed by atoms with Gasteiger partial charge in [0.25, 0.3) is 5.91 Å². The molecule has 1 unspecified atom stereocenters. The predicted octanol–water partition coefficient (Wildman–Crippen LogP) is 1.77. The van der Waals surface area contributed by atoms with Gasteiger partial charge in [-0.1, -0.05) is 32.0 Å². The van der Waals surface area contributed by atoms with Crippen LogP contribution >= 0.6 is 0 Å². The van der Waals surface area contributed by atoms with Gasteiger partial charge in [0.2, 0.25) is 15.9 Å². The molecule has 0 aromatic heterocycles. The zero-order valence-electron chi connectivity index (χ0n) is 15.8. The van der Waals surface area contributed by atoms with Crippen LogP contribution in [-0.4, -0.2) is 43.7 Å². The van der Waals surface area contributed by atoms with Crippen molar-refractivity contribution in [3.05, 3.63) is 59.7 Å². The highest BCUT2D eigenvalue weighted by molar-refractivity contribution is 7.89. The number of fused-ring (bicyclic) bond motifs is 1. The van der Waals surface area contributed by atoms with Gasteiger partial charge < -0.3 is 5.73 Å². The van der Waals surface area contributed by atoms with Gasteiger partial charge in [0.05, 0.1) is 4.90 Å². The molecule has 1 aliphatic heterocycles. The average molecular weight is 401 g/mol. The van der Waals surface area contributed by atoms with Crippen LogP contribution in [0.5, 0.6) is 0 Å². The van der Waals surface area contributed by atoms with Crippen LogP contribution in [0.4, 0.5) is 5.69 Å². The molecule has 0 saturated carbocycles. The standard InChI is InChI=1S/C20H23N3O4S/c1-3-22(4-2)28(26,27)16-11-9-14(10-12-16)20(25)23-17-8-6-5-7-15(17)13-18(23)19(21)24/h5-12,18H,3-4,13H2,1-2H3,(H2,21,24). The maximum Gasteiger partial charge on any atom is 0.259 e. The third-order valence-corrected chi connectivity index (χ3v) is 7.03. The largest absolute Gasteiger partial charge is 0.368 e. The second-order valence-electron chi connectivity index (χ2n) is 6.54. The molecule has 2 aromatic rings. The molecule has 7 nitrogen and oxygen atoms in total. The Morgan fingerprint density at radius 1 is 1.07 bits per heavy atom. The van der Waals surface area contributed by atoms with Gasteiger partial charge in [0.15, 0.2) is 0 Å². The second kappa shape index (κ2) is 7.73. The fraction of sp³-hybridized carbons (Fsp3) is 0.300. The van der Waals surface area contributed by atoms with E-state index in [1.165, 1.54) is 33.5 Å². The average Bonchev–Trinajstić information content (AvgIpc) is 3.08. The van der Waals surface area contributed by atoms with Gasteiger partial charge in [-0.15, -0.1) is 0 Å². The third kappa shape index (κ3) is 3.41. The lowest BCUT2D eigenvalue weighted by molar-refractivity contribution is -0.119. The van der Waals surface area contributed by atoms with E-state index < -0.39 is 22.0 Å². The highest BCUT2D eigenvalue weighted by atomic mass is 32.2. The van der Waals surface area contributed by atoms with Crippen molar-refractivity contribution in [3.63, 3.8) is 0 Å². The number of benzene rings is 2. The first-order valence-electron chi connectivity index (χ1n) is 9.12. The van der Waals surface area contributed by atoms with E-state index in [2.05, 4.69) is 0 Å². The van der Waals surface area contributed by atoms with E-state index in [9.17, 15) is 18.0 Å². The zero-order chi connectivity index (χ0) is 20.5. The lowest BCUT2D eigenvalue weighted by Gasteiger charge is -2.23. The molecule has 0 fully saturated rings. The lowest BCUT2D eigenvalue weighted by Crippen LogP contribution is -2.46. The number of para-hydroxylation sites is 1. The molecule has 1 heterocycles. The Morgan fingerprint density at radius 3 is 2.25 bits per heavy atom. The number of hydrogen-bond donors (Lipinski definition) is 1. The molecule has 28 heavy (non-hydrogen) atoms. The molecular weight excluding hydrogens is 378 g/mol. The van der Waals surface area contributed by atoms with Crippen molar-refractivity contribution < 1.29 is 18.0 Å². The molecule has 0 bridgehead atoms. The maximum absolute atomic E-state index is 13.1. The van der Waals surface area contributed by atoms with Crippen molar-refractivity contribution in [1.82, 2.24) is 4.31 Å². The number of sulfonamides is 1. The molecule has 0 saturated heterocycles. The molecule has 2 amide bonds. The molecule has 148 valence electrons. The molecule has 3 rings (SSSR count). The summed E-state index contributed by atoms with van der Waals surface area (Å²) in [6.07, 6.45) is 0.367. The number of amides is 2. The summed E-state index contributed by atoms with van der Waals surface area (Å²) in [4.78, 5) is 26.5. The van der Waals surface area contributed by atoms with Crippen molar-refractivity contribution >= 4 is 27.5 Å². The number of anilines is 1. The van der Waals surface area contributed by atoms with Crippen molar-refractivity contribution in [2.45, 2.75) is 31.2 Å². The molecular formula is C20H23N3O4S. The summed E-state index contributed by atoms with van der Waals surface area (Å²) < 4.78 is 26.6. The van der Waals surface area contributed by atoms with E-state index in [0.717, 1.165) is 5.56 Å². The van der Waals surface area contributed by atoms with Gasteiger partial charge in [-0.2, -0.15) is 4.31 Å². The molecule has 0 aliphatic carbocycles. The molecule has 2 aromatic carbocycles. The Hall–Kier alpha value is -2.71. The van der Waals surface area contributed by atoms with Crippen LogP contribution in [0.15, 0.2) is 53.4 Å². The van der Waals surface area contributed by atoms with E-state index in [0.29, 0.717) is 30.8 Å². The smallest absolute Gasteiger partial charge is 0.259 e. The Bertz CT molecular complexity index is 998. The van der Waals surface area contributed by atoms with Gasteiger partial charge in [0.1, 0.15) is 6.04 Å². The Balaban J connectivity index is 1.94. The minimum Gasteiger partial charge on any atom is -0.368 e. The van der Waals surface area contributed by atoms with E-state index in [1.54, 1.807) is 26.0 Å². The summed E-state index contributed by atoms with van der Waals surface area (Å²) in [6.45, 7) is 4.27.